The Morgan fingerprint density at radius 1 is 0.935 bits per heavy atom. The quantitative estimate of drug-likeness (QED) is 0.556. The number of nitrogens with zero attached hydrogens (tertiary/aromatic N) is 1. The molecular weight excluding hydrogens is 412 g/mol. The molecular formula is C24H22N2O4S. The Kier molecular flexibility index (Phi) is 5.77. The van der Waals surface area contributed by atoms with Gasteiger partial charge in [-0.2, -0.15) is 0 Å². The first kappa shape index (κ1) is 20.7. The highest BCUT2D eigenvalue weighted by atomic mass is 32.1. The number of benzene rings is 2. The zero-order valence-corrected chi connectivity index (χ0v) is 18.3. The number of anilines is 1. The van der Waals surface area contributed by atoms with E-state index >= 15 is 0 Å². The van der Waals surface area contributed by atoms with Gasteiger partial charge in [0, 0.05) is 10.6 Å². The summed E-state index contributed by atoms with van der Waals surface area (Å²) in [6.45, 7) is 2.09. The third-order valence-corrected chi connectivity index (χ3v) is 6.02. The van der Waals surface area contributed by atoms with Gasteiger partial charge in [-0.3, -0.25) is 14.5 Å². The van der Waals surface area contributed by atoms with Crippen molar-refractivity contribution in [3.8, 4) is 11.5 Å². The molecule has 1 aliphatic rings. The van der Waals surface area contributed by atoms with E-state index in [4.69, 9.17) is 9.47 Å². The summed E-state index contributed by atoms with van der Waals surface area (Å²) in [7, 11) is 3.11. The summed E-state index contributed by atoms with van der Waals surface area (Å²) in [6.07, 6.45) is 0. The molecule has 1 aromatic heterocycles. The van der Waals surface area contributed by atoms with Gasteiger partial charge in [-0.15, -0.1) is 11.3 Å². The van der Waals surface area contributed by atoms with Crippen LogP contribution in [0.3, 0.4) is 0 Å². The number of imide groups is 1. The van der Waals surface area contributed by atoms with Crippen LogP contribution in [0, 0.1) is 6.92 Å². The van der Waals surface area contributed by atoms with Crippen LogP contribution < -0.4 is 14.8 Å². The first-order valence-electron chi connectivity index (χ1n) is 9.71. The van der Waals surface area contributed by atoms with E-state index in [1.807, 2.05) is 54.8 Å². The third kappa shape index (κ3) is 3.92. The summed E-state index contributed by atoms with van der Waals surface area (Å²) in [4.78, 5) is 28.7. The molecule has 1 aliphatic heterocycles. The zero-order valence-electron chi connectivity index (χ0n) is 17.5. The lowest BCUT2D eigenvalue weighted by Gasteiger charge is -2.17. The van der Waals surface area contributed by atoms with E-state index in [0.717, 1.165) is 21.7 Å². The van der Waals surface area contributed by atoms with Gasteiger partial charge >= 0.3 is 0 Å². The number of hydrogen-bond acceptors (Lipinski definition) is 6. The summed E-state index contributed by atoms with van der Waals surface area (Å²) >= 11 is 1.43. The fourth-order valence-electron chi connectivity index (χ4n) is 3.49. The normalized spacial score (nSPS) is 13.7. The Morgan fingerprint density at radius 3 is 2.39 bits per heavy atom. The lowest BCUT2D eigenvalue weighted by molar-refractivity contribution is -0.137. The molecule has 0 radical (unpaired) electrons. The monoisotopic (exact) mass is 434 g/mol. The molecule has 2 heterocycles. The highest BCUT2D eigenvalue weighted by molar-refractivity contribution is 7.11. The maximum Gasteiger partial charge on any atom is 0.278 e. The van der Waals surface area contributed by atoms with E-state index in [-0.39, 0.29) is 18.4 Å². The lowest BCUT2D eigenvalue weighted by Crippen LogP contribution is -2.32. The van der Waals surface area contributed by atoms with Crippen LogP contribution in [0.15, 0.2) is 65.7 Å². The Bertz CT molecular complexity index is 1170. The summed E-state index contributed by atoms with van der Waals surface area (Å²) < 4.78 is 10.6. The zero-order chi connectivity index (χ0) is 22.0. The largest absolute Gasteiger partial charge is 0.493 e. The highest BCUT2D eigenvalue weighted by Gasteiger charge is 2.39. The van der Waals surface area contributed by atoms with Gasteiger partial charge in [0.1, 0.15) is 5.70 Å². The standard InChI is InChI=1S/C24H22N2O4S/c1-15-7-4-5-8-17(15)25-22-21(20-9-6-12-31-20)23(27)26(24(22)28)14-16-10-11-18(29-2)19(13-16)30-3/h4-13,25H,14H2,1-3H3. The van der Waals surface area contributed by atoms with Crippen molar-refractivity contribution in [1.29, 1.82) is 0 Å². The molecule has 0 atom stereocenters. The molecule has 6 nitrogen and oxygen atoms in total. The molecule has 0 aliphatic carbocycles. The van der Waals surface area contributed by atoms with Gasteiger partial charge in [-0.05, 0) is 47.7 Å². The molecule has 0 saturated heterocycles. The van der Waals surface area contributed by atoms with Gasteiger partial charge in [0.05, 0.1) is 26.3 Å². The Labute approximate surface area is 184 Å². The van der Waals surface area contributed by atoms with Crippen molar-refractivity contribution in [2.24, 2.45) is 0 Å². The fourth-order valence-corrected chi connectivity index (χ4v) is 4.26. The number of para-hydroxylation sites is 1. The summed E-state index contributed by atoms with van der Waals surface area (Å²) in [6, 6.07) is 16.7. The van der Waals surface area contributed by atoms with Gasteiger partial charge in [0.2, 0.25) is 0 Å². The van der Waals surface area contributed by atoms with Crippen molar-refractivity contribution in [1.82, 2.24) is 4.90 Å². The second kappa shape index (κ2) is 8.65. The number of amides is 2. The topological polar surface area (TPSA) is 67.9 Å². The number of carbonyl (C=O) groups excluding carboxylic acids is 2. The van der Waals surface area contributed by atoms with E-state index in [9.17, 15) is 9.59 Å². The SMILES string of the molecule is COc1ccc(CN2C(=O)C(Nc3ccccc3C)=C(c3cccs3)C2=O)cc1OC. The van der Waals surface area contributed by atoms with Crippen LogP contribution in [0.2, 0.25) is 0 Å². The van der Waals surface area contributed by atoms with Crippen molar-refractivity contribution >= 4 is 34.4 Å². The van der Waals surface area contributed by atoms with Crippen LogP contribution >= 0.6 is 11.3 Å². The number of ether oxygens (including phenoxy) is 2. The minimum Gasteiger partial charge on any atom is -0.493 e. The number of methoxy groups -OCH3 is 2. The molecule has 158 valence electrons. The average Bonchev–Trinajstić information content (AvgIpc) is 3.38. The molecule has 0 unspecified atom stereocenters. The van der Waals surface area contributed by atoms with Crippen molar-refractivity contribution in [3.63, 3.8) is 0 Å². The highest BCUT2D eigenvalue weighted by Crippen LogP contribution is 2.35. The van der Waals surface area contributed by atoms with E-state index < -0.39 is 0 Å². The average molecular weight is 435 g/mol. The lowest BCUT2D eigenvalue weighted by atomic mass is 10.1. The van der Waals surface area contributed by atoms with E-state index in [2.05, 4.69) is 5.32 Å². The minimum atomic E-state index is -0.355. The maximum atomic E-state index is 13.4. The fraction of sp³-hybridized carbons (Fsp3) is 0.167. The van der Waals surface area contributed by atoms with Gasteiger partial charge in [0.25, 0.3) is 11.8 Å². The van der Waals surface area contributed by atoms with Crippen LogP contribution in [0.5, 0.6) is 11.5 Å². The third-order valence-electron chi connectivity index (χ3n) is 5.13. The van der Waals surface area contributed by atoms with Crippen LogP contribution in [0.1, 0.15) is 16.0 Å². The Morgan fingerprint density at radius 2 is 1.71 bits per heavy atom. The maximum absolute atomic E-state index is 13.4. The molecule has 31 heavy (non-hydrogen) atoms. The molecule has 7 heteroatoms. The summed E-state index contributed by atoms with van der Waals surface area (Å²) in [5, 5.41) is 5.11. The molecule has 0 spiro atoms. The van der Waals surface area contributed by atoms with Gasteiger partial charge < -0.3 is 14.8 Å². The number of rotatable bonds is 7. The molecule has 0 saturated carbocycles. The van der Waals surface area contributed by atoms with Crippen molar-refractivity contribution in [2.45, 2.75) is 13.5 Å². The Hall–Kier alpha value is -3.58. The summed E-state index contributed by atoms with van der Waals surface area (Å²) in [5.74, 6) is 0.457. The molecule has 2 amide bonds. The van der Waals surface area contributed by atoms with Crippen molar-refractivity contribution in [3.05, 3.63) is 81.7 Å². The second-order valence-corrected chi connectivity index (χ2v) is 8.00. The molecule has 0 fully saturated rings. The predicted molar refractivity (Wildman–Crippen MR) is 121 cm³/mol. The smallest absolute Gasteiger partial charge is 0.278 e. The van der Waals surface area contributed by atoms with E-state index in [1.165, 1.54) is 16.2 Å². The number of aryl methyl sites for hydroxylation is 1. The van der Waals surface area contributed by atoms with Gasteiger partial charge in [-0.1, -0.05) is 30.3 Å². The molecule has 3 aromatic rings. The minimum absolute atomic E-state index is 0.131. The number of thiophene rings is 1. The number of hydrogen-bond donors (Lipinski definition) is 1. The Balaban J connectivity index is 1.69. The van der Waals surface area contributed by atoms with Crippen LogP contribution in [0.4, 0.5) is 5.69 Å². The van der Waals surface area contributed by atoms with Crippen LogP contribution in [-0.2, 0) is 16.1 Å². The van der Waals surface area contributed by atoms with Crippen molar-refractivity contribution < 1.29 is 19.1 Å². The summed E-state index contributed by atoms with van der Waals surface area (Å²) in [5.41, 5.74) is 3.23. The van der Waals surface area contributed by atoms with Crippen LogP contribution in [0.25, 0.3) is 5.57 Å². The molecule has 0 bridgehead atoms. The van der Waals surface area contributed by atoms with E-state index in [1.54, 1.807) is 26.4 Å². The first-order valence-corrected chi connectivity index (χ1v) is 10.6. The van der Waals surface area contributed by atoms with Gasteiger partial charge in [-0.25, -0.2) is 0 Å². The number of nitrogens with one attached hydrogen (secondary N) is 1. The van der Waals surface area contributed by atoms with Crippen LogP contribution in [-0.4, -0.2) is 30.9 Å². The van der Waals surface area contributed by atoms with E-state index in [0.29, 0.717) is 22.8 Å². The molecule has 4 rings (SSSR count). The van der Waals surface area contributed by atoms with Crippen molar-refractivity contribution in [2.75, 3.05) is 19.5 Å². The molecule has 2 aromatic carbocycles. The molecule has 1 N–H and O–H groups in total. The number of carbonyl (C=O) groups is 2. The first-order chi connectivity index (χ1) is 15.0. The second-order valence-electron chi connectivity index (χ2n) is 7.05. The predicted octanol–water partition coefficient (Wildman–Crippen LogP) is 4.47. The van der Waals surface area contributed by atoms with Gasteiger partial charge in [0.15, 0.2) is 11.5 Å².